The smallest absolute Gasteiger partial charge is 0.272 e. The summed E-state index contributed by atoms with van der Waals surface area (Å²) in [6.45, 7) is 1.29. The standard InChI is InChI=1S/C13H19N3O2S/c17-19(18,16-8-2-1-3-9-16)12-6-7-13(14-10-12)15-11-4-5-11/h6-7,10-11H,1-5,8-9H2,(H,14,15)/p+1. The lowest BCUT2D eigenvalue weighted by Crippen LogP contribution is -2.36. The van der Waals surface area contributed by atoms with Crippen LogP contribution in [0.1, 0.15) is 32.1 Å². The second-order valence-electron chi connectivity index (χ2n) is 5.32. The van der Waals surface area contributed by atoms with E-state index in [1.54, 1.807) is 16.6 Å². The van der Waals surface area contributed by atoms with Crippen molar-refractivity contribution in [1.82, 2.24) is 4.31 Å². The van der Waals surface area contributed by atoms with Gasteiger partial charge in [0.1, 0.15) is 11.1 Å². The van der Waals surface area contributed by atoms with Gasteiger partial charge in [-0.05, 0) is 31.7 Å². The van der Waals surface area contributed by atoms with Gasteiger partial charge >= 0.3 is 0 Å². The summed E-state index contributed by atoms with van der Waals surface area (Å²) in [6, 6.07) is 4.06. The number of piperidine rings is 1. The second kappa shape index (κ2) is 5.09. The van der Waals surface area contributed by atoms with E-state index in [1.165, 1.54) is 12.8 Å². The molecule has 1 saturated carbocycles. The van der Waals surface area contributed by atoms with Crippen molar-refractivity contribution < 1.29 is 13.4 Å². The fourth-order valence-electron chi connectivity index (χ4n) is 2.36. The van der Waals surface area contributed by atoms with Crippen LogP contribution in [0, 0.1) is 0 Å². The van der Waals surface area contributed by atoms with Gasteiger partial charge in [0.15, 0.2) is 0 Å². The van der Waals surface area contributed by atoms with Gasteiger partial charge in [-0.2, -0.15) is 4.31 Å². The SMILES string of the molecule is O=S(=O)(c1ccc(NC2CC2)[nH+]c1)N1CCCCC1. The Hall–Kier alpha value is -1.14. The Morgan fingerprint density at radius 2 is 1.89 bits per heavy atom. The highest BCUT2D eigenvalue weighted by atomic mass is 32.2. The van der Waals surface area contributed by atoms with E-state index < -0.39 is 10.0 Å². The number of aromatic amines is 1. The molecule has 2 aliphatic rings. The highest BCUT2D eigenvalue weighted by Crippen LogP contribution is 2.24. The molecule has 1 saturated heterocycles. The van der Waals surface area contributed by atoms with Gasteiger partial charge in [-0.3, -0.25) is 5.32 Å². The van der Waals surface area contributed by atoms with Crippen molar-refractivity contribution in [1.29, 1.82) is 0 Å². The first-order valence-corrected chi connectivity index (χ1v) is 8.39. The van der Waals surface area contributed by atoms with Crippen LogP contribution in [0.4, 0.5) is 5.82 Å². The summed E-state index contributed by atoms with van der Waals surface area (Å²) in [5.41, 5.74) is 0. The molecule has 2 heterocycles. The molecule has 1 aromatic rings. The predicted molar refractivity (Wildman–Crippen MR) is 72.3 cm³/mol. The Bertz CT molecular complexity index is 532. The quantitative estimate of drug-likeness (QED) is 0.904. The lowest BCUT2D eigenvalue weighted by Gasteiger charge is -2.25. The molecule has 104 valence electrons. The van der Waals surface area contributed by atoms with Gasteiger partial charge in [-0.25, -0.2) is 13.4 Å². The molecular formula is C13H20N3O2S+. The van der Waals surface area contributed by atoms with Gasteiger partial charge < -0.3 is 0 Å². The van der Waals surface area contributed by atoms with Gasteiger partial charge in [-0.15, -0.1) is 0 Å². The van der Waals surface area contributed by atoms with Crippen LogP contribution in [0.2, 0.25) is 0 Å². The van der Waals surface area contributed by atoms with Crippen molar-refractivity contribution in [3.05, 3.63) is 18.3 Å². The minimum Gasteiger partial charge on any atom is -0.272 e. The van der Waals surface area contributed by atoms with Crippen LogP contribution < -0.4 is 10.3 Å². The lowest BCUT2D eigenvalue weighted by atomic mass is 10.2. The third-order valence-corrected chi connectivity index (χ3v) is 5.57. The molecule has 19 heavy (non-hydrogen) atoms. The number of nitrogens with one attached hydrogen (secondary N) is 2. The van der Waals surface area contributed by atoms with E-state index >= 15 is 0 Å². The predicted octanol–water partition coefficient (Wildman–Crippen LogP) is 1.25. The maximum absolute atomic E-state index is 12.4. The molecule has 1 aliphatic heterocycles. The number of rotatable bonds is 4. The largest absolute Gasteiger partial charge is 0.272 e. The summed E-state index contributed by atoms with van der Waals surface area (Å²) in [5.74, 6) is 0.889. The first-order chi connectivity index (χ1) is 9.16. The van der Waals surface area contributed by atoms with Gasteiger partial charge in [0.2, 0.25) is 10.0 Å². The molecule has 5 nitrogen and oxygen atoms in total. The first-order valence-electron chi connectivity index (χ1n) is 6.95. The third-order valence-electron chi connectivity index (χ3n) is 3.67. The zero-order valence-electron chi connectivity index (χ0n) is 10.9. The second-order valence-corrected chi connectivity index (χ2v) is 7.26. The molecule has 1 aliphatic carbocycles. The minimum absolute atomic E-state index is 0.357. The lowest BCUT2D eigenvalue weighted by molar-refractivity contribution is -0.364. The monoisotopic (exact) mass is 282 g/mol. The van der Waals surface area contributed by atoms with Crippen LogP contribution in [0.5, 0.6) is 0 Å². The van der Waals surface area contributed by atoms with Crippen LogP contribution in [0.15, 0.2) is 23.2 Å². The Kier molecular flexibility index (Phi) is 3.45. The molecule has 0 unspecified atom stereocenters. The molecule has 0 amide bonds. The fraction of sp³-hybridized carbons (Fsp3) is 0.615. The molecule has 0 aromatic carbocycles. The summed E-state index contributed by atoms with van der Waals surface area (Å²) in [4.78, 5) is 3.39. The molecule has 0 bridgehead atoms. The van der Waals surface area contributed by atoms with E-state index in [9.17, 15) is 8.42 Å². The van der Waals surface area contributed by atoms with E-state index in [0.29, 0.717) is 24.0 Å². The summed E-state index contributed by atoms with van der Waals surface area (Å²) < 4.78 is 26.4. The van der Waals surface area contributed by atoms with Crippen LogP contribution in [-0.4, -0.2) is 31.9 Å². The normalized spacial score (nSPS) is 21.3. The van der Waals surface area contributed by atoms with Gasteiger partial charge in [-0.1, -0.05) is 6.42 Å². The fourth-order valence-corrected chi connectivity index (χ4v) is 3.85. The number of hydrogen-bond donors (Lipinski definition) is 1. The molecular weight excluding hydrogens is 262 g/mol. The van der Waals surface area contributed by atoms with Crippen molar-refractivity contribution in [2.75, 3.05) is 18.4 Å². The average Bonchev–Trinajstić information content (AvgIpc) is 3.24. The molecule has 0 atom stereocenters. The molecule has 6 heteroatoms. The number of H-pyrrole nitrogens is 1. The molecule has 2 N–H and O–H groups in total. The van der Waals surface area contributed by atoms with Crippen molar-refractivity contribution in [3.8, 4) is 0 Å². The number of aromatic nitrogens is 1. The van der Waals surface area contributed by atoms with Crippen LogP contribution in [0.3, 0.4) is 0 Å². The topological polar surface area (TPSA) is 63.6 Å². The minimum atomic E-state index is -3.32. The van der Waals surface area contributed by atoms with Crippen LogP contribution in [0.25, 0.3) is 0 Å². The van der Waals surface area contributed by atoms with Crippen molar-refractivity contribution in [2.24, 2.45) is 0 Å². The Morgan fingerprint density at radius 1 is 1.16 bits per heavy atom. The van der Waals surface area contributed by atoms with Crippen molar-refractivity contribution in [3.63, 3.8) is 0 Å². The van der Waals surface area contributed by atoms with E-state index in [0.717, 1.165) is 25.1 Å². The molecule has 1 aromatic heterocycles. The van der Waals surface area contributed by atoms with E-state index in [-0.39, 0.29) is 0 Å². The summed E-state index contributed by atoms with van der Waals surface area (Å²) in [6.07, 6.45) is 7.04. The number of anilines is 1. The summed E-state index contributed by atoms with van der Waals surface area (Å²) in [5, 5.41) is 3.31. The summed E-state index contributed by atoms with van der Waals surface area (Å²) in [7, 11) is -3.32. The third kappa shape index (κ3) is 2.90. The van der Waals surface area contributed by atoms with E-state index in [1.807, 2.05) is 6.07 Å². The van der Waals surface area contributed by atoms with Crippen molar-refractivity contribution >= 4 is 15.8 Å². The Balaban J connectivity index is 1.75. The van der Waals surface area contributed by atoms with E-state index in [2.05, 4.69) is 10.3 Å². The number of nitrogens with zero attached hydrogens (tertiary/aromatic N) is 1. The van der Waals surface area contributed by atoms with Gasteiger partial charge in [0.25, 0.3) is 5.82 Å². The molecule has 3 rings (SSSR count). The number of sulfonamides is 1. The zero-order chi connectivity index (χ0) is 13.3. The molecule has 0 spiro atoms. The number of pyridine rings is 1. The highest BCUT2D eigenvalue weighted by Gasteiger charge is 2.29. The maximum atomic E-state index is 12.4. The summed E-state index contributed by atoms with van der Waals surface area (Å²) >= 11 is 0. The van der Waals surface area contributed by atoms with E-state index in [4.69, 9.17) is 0 Å². The maximum Gasteiger partial charge on any atom is 0.272 e. The Morgan fingerprint density at radius 3 is 2.47 bits per heavy atom. The molecule has 0 radical (unpaired) electrons. The van der Waals surface area contributed by atoms with Gasteiger partial charge in [0.05, 0.1) is 6.04 Å². The van der Waals surface area contributed by atoms with Crippen molar-refractivity contribution in [2.45, 2.75) is 43.0 Å². The Labute approximate surface area is 114 Å². The molecule has 2 fully saturated rings. The van der Waals surface area contributed by atoms with Crippen LogP contribution in [-0.2, 0) is 10.0 Å². The first kappa shape index (κ1) is 12.9. The number of hydrogen-bond acceptors (Lipinski definition) is 3. The zero-order valence-corrected chi connectivity index (χ0v) is 11.7. The van der Waals surface area contributed by atoms with Gasteiger partial charge in [0, 0.05) is 19.2 Å². The highest BCUT2D eigenvalue weighted by molar-refractivity contribution is 7.89. The van der Waals surface area contributed by atoms with Crippen LogP contribution >= 0.6 is 0 Å². The average molecular weight is 282 g/mol.